The molecule has 0 radical (unpaired) electrons. The molecule has 1 aromatic heterocycles. The van der Waals surface area contributed by atoms with Crippen LogP contribution >= 0.6 is 0 Å². The molecule has 0 unspecified atom stereocenters. The van der Waals surface area contributed by atoms with Crippen LogP contribution < -0.4 is 5.32 Å². The van der Waals surface area contributed by atoms with Crippen molar-refractivity contribution in [2.75, 3.05) is 6.54 Å². The van der Waals surface area contributed by atoms with Crippen LogP contribution in [0.2, 0.25) is 0 Å². The van der Waals surface area contributed by atoms with Gasteiger partial charge in [-0.15, -0.1) is 10.2 Å². The first kappa shape index (κ1) is 16.5. The van der Waals surface area contributed by atoms with Gasteiger partial charge in [0.1, 0.15) is 0 Å². The molecule has 4 nitrogen and oxygen atoms in total. The van der Waals surface area contributed by atoms with Crippen molar-refractivity contribution in [2.45, 2.75) is 78.7 Å². The minimum atomic E-state index is 0.424. The van der Waals surface area contributed by atoms with Crippen molar-refractivity contribution < 1.29 is 4.42 Å². The molecule has 1 saturated carbocycles. The van der Waals surface area contributed by atoms with Crippen LogP contribution in [0.15, 0.2) is 4.42 Å². The first-order valence-electron chi connectivity index (χ1n) is 8.42. The zero-order chi connectivity index (χ0) is 15.5. The maximum absolute atomic E-state index is 5.86. The van der Waals surface area contributed by atoms with Crippen LogP contribution in [0.1, 0.15) is 78.0 Å². The summed E-state index contributed by atoms with van der Waals surface area (Å²) in [5, 5.41) is 11.9. The minimum absolute atomic E-state index is 0.424. The van der Waals surface area contributed by atoms with Gasteiger partial charge in [0, 0.05) is 24.9 Å². The molecule has 0 amide bonds. The topological polar surface area (TPSA) is 51.0 Å². The Labute approximate surface area is 129 Å². The predicted octanol–water partition coefficient (Wildman–Crippen LogP) is 3.93. The van der Waals surface area contributed by atoms with Crippen LogP contribution in [0.3, 0.4) is 0 Å². The molecule has 1 aliphatic rings. The van der Waals surface area contributed by atoms with Crippen molar-refractivity contribution in [3.63, 3.8) is 0 Å². The first-order chi connectivity index (χ1) is 9.86. The Kier molecular flexibility index (Phi) is 5.42. The number of hydrogen-bond donors (Lipinski definition) is 1. The third-order valence-electron chi connectivity index (χ3n) is 4.68. The Bertz CT molecular complexity index is 425. The lowest BCUT2D eigenvalue weighted by Crippen LogP contribution is -2.25. The van der Waals surface area contributed by atoms with E-state index in [1.165, 1.54) is 25.7 Å². The van der Waals surface area contributed by atoms with Crippen molar-refractivity contribution in [1.29, 1.82) is 0 Å². The van der Waals surface area contributed by atoms with Crippen LogP contribution in [0.4, 0.5) is 0 Å². The van der Waals surface area contributed by atoms with E-state index in [-0.39, 0.29) is 0 Å². The summed E-state index contributed by atoms with van der Waals surface area (Å²) in [5.74, 6) is 2.94. The van der Waals surface area contributed by atoms with Gasteiger partial charge in [-0.3, -0.25) is 0 Å². The Morgan fingerprint density at radius 3 is 2.38 bits per heavy atom. The normalized spacial score (nSPS) is 23.7. The van der Waals surface area contributed by atoms with Crippen molar-refractivity contribution in [3.05, 3.63) is 11.8 Å². The average Bonchev–Trinajstić information content (AvgIpc) is 2.86. The van der Waals surface area contributed by atoms with E-state index in [1.807, 2.05) is 0 Å². The zero-order valence-electron chi connectivity index (χ0n) is 14.3. The van der Waals surface area contributed by atoms with Gasteiger partial charge in [-0.05, 0) is 37.0 Å². The molecule has 0 aromatic carbocycles. The summed E-state index contributed by atoms with van der Waals surface area (Å²) in [6.45, 7) is 12.2. The van der Waals surface area contributed by atoms with Gasteiger partial charge in [0.15, 0.2) is 0 Å². The van der Waals surface area contributed by atoms with Gasteiger partial charge in [0.25, 0.3) is 0 Å². The van der Waals surface area contributed by atoms with E-state index >= 15 is 0 Å². The molecule has 1 N–H and O–H groups in total. The van der Waals surface area contributed by atoms with Crippen LogP contribution in [-0.2, 0) is 6.42 Å². The van der Waals surface area contributed by atoms with Gasteiger partial charge in [-0.1, -0.05) is 34.6 Å². The van der Waals surface area contributed by atoms with Gasteiger partial charge < -0.3 is 9.73 Å². The molecule has 1 aromatic rings. The molecular weight excluding hydrogens is 262 g/mol. The molecule has 2 rings (SSSR count). The minimum Gasteiger partial charge on any atom is -0.425 e. The van der Waals surface area contributed by atoms with Gasteiger partial charge in [0.2, 0.25) is 11.8 Å². The first-order valence-corrected chi connectivity index (χ1v) is 8.42. The van der Waals surface area contributed by atoms with E-state index < -0.39 is 0 Å². The Balaban J connectivity index is 1.83. The summed E-state index contributed by atoms with van der Waals surface area (Å²) in [6, 6.07) is 0.500. The van der Waals surface area contributed by atoms with Crippen molar-refractivity contribution in [2.24, 2.45) is 11.3 Å². The third kappa shape index (κ3) is 4.80. The fourth-order valence-corrected chi connectivity index (χ4v) is 3.21. The summed E-state index contributed by atoms with van der Waals surface area (Å²) in [5.41, 5.74) is 0.424. The van der Waals surface area contributed by atoms with Gasteiger partial charge in [0.05, 0.1) is 0 Å². The lowest BCUT2D eigenvalue weighted by molar-refractivity contribution is 0.161. The van der Waals surface area contributed by atoms with Crippen LogP contribution in [-0.4, -0.2) is 22.8 Å². The Morgan fingerprint density at radius 2 is 1.81 bits per heavy atom. The summed E-state index contributed by atoms with van der Waals surface area (Å²) in [6.07, 6.45) is 5.76. The quantitative estimate of drug-likeness (QED) is 0.893. The molecular formula is C17H31N3O. The van der Waals surface area contributed by atoms with Gasteiger partial charge in [-0.2, -0.15) is 0 Å². The van der Waals surface area contributed by atoms with Crippen LogP contribution in [0.5, 0.6) is 0 Å². The monoisotopic (exact) mass is 293 g/mol. The predicted molar refractivity (Wildman–Crippen MR) is 85.3 cm³/mol. The molecule has 0 aliphatic heterocycles. The van der Waals surface area contributed by atoms with E-state index in [0.29, 0.717) is 17.4 Å². The number of nitrogens with zero attached hydrogens (tertiary/aromatic N) is 2. The molecule has 1 aliphatic carbocycles. The second-order valence-electron chi connectivity index (χ2n) is 7.81. The van der Waals surface area contributed by atoms with Gasteiger partial charge >= 0.3 is 0 Å². The van der Waals surface area contributed by atoms with E-state index in [4.69, 9.17) is 4.42 Å². The van der Waals surface area contributed by atoms with E-state index in [0.717, 1.165) is 30.7 Å². The standard InChI is InChI=1S/C17H31N3O/c1-12(2)18-11-10-15-19-20-16(21-15)13-6-8-14(9-7-13)17(3,4)5/h12-14,18H,6-11H2,1-5H3. The largest absolute Gasteiger partial charge is 0.425 e. The molecule has 0 bridgehead atoms. The van der Waals surface area contributed by atoms with E-state index in [2.05, 4.69) is 50.1 Å². The smallest absolute Gasteiger partial charge is 0.219 e. The zero-order valence-corrected chi connectivity index (χ0v) is 14.3. The second kappa shape index (κ2) is 6.91. The molecule has 0 atom stereocenters. The molecule has 1 heterocycles. The summed E-state index contributed by atoms with van der Waals surface area (Å²) >= 11 is 0. The Morgan fingerprint density at radius 1 is 1.14 bits per heavy atom. The Hall–Kier alpha value is -0.900. The highest BCUT2D eigenvalue weighted by Gasteiger charge is 2.32. The number of rotatable bonds is 5. The van der Waals surface area contributed by atoms with E-state index in [1.54, 1.807) is 0 Å². The van der Waals surface area contributed by atoms with Crippen molar-refractivity contribution in [1.82, 2.24) is 15.5 Å². The summed E-state index contributed by atoms with van der Waals surface area (Å²) < 4.78 is 5.86. The number of hydrogen-bond acceptors (Lipinski definition) is 4. The maximum atomic E-state index is 5.86. The summed E-state index contributed by atoms with van der Waals surface area (Å²) in [4.78, 5) is 0. The molecule has 21 heavy (non-hydrogen) atoms. The molecule has 0 spiro atoms. The molecule has 0 saturated heterocycles. The molecule has 1 fully saturated rings. The second-order valence-corrected chi connectivity index (χ2v) is 7.81. The SMILES string of the molecule is CC(C)NCCc1nnc(C2CCC(C(C)(C)C)CC2)o1. The summed E-state index contributed by atoms with van der Waals surface area (Å²) in [7, 11) is 0. The lowest BCUT2D eigenvalue weighted by atomic mass is 9.70. The fourth-order valence-electron chi connectivity index (χ4n) is 3.21. The highest BCUT2D eigenvalue weighted by Crippen LogP contribution is 2.42. The highest BCUT2D eigenvalue weighted by atomic mass is 16.4. The third-order valence-corrected chi connectivity index (χ3v) is 4.68. The van der Waals surface area contributed by atoms with Crippen LogP contribution in [0, 0.1) is 11.3 Å². The average molecular weight is 293 g/mol. The van der Waals surface area contributed by atoms with Crippen molar-refractivity contribution >= 4 is 0 Å². The van der Waals surface area contributed by atoms with Crippen LogP contribution in [0.25, 0.3) is 0 Å². The number of nitrogens with one attached hydrogen (secondary N) is 1. The lowest BCUT2D eigenvalue weighted by Gasteiger charge is -2.36. The molecule has 4 heteroatoms. The van der Waals surface area contributed by atoms with E-state index in [9.17, 15) is 0 Å². The highest BCUT2D eigenvalue weighted by molar-refractivity contribution is 4.96. The fraction of sp³-hybridized carbons (Fsp3) is 0.882. The van der Waals surface area contributed by atoms with Crippen molar-refractivity contribution in [3.8, 4) is 0 Å². The van der Waals surface area contributed by atoms with Gasteiger partial charge in [-0.25, -0.2) is 0 Å². The maximum Gasteiger partial charge on any atom is 0.219 e. The number of aromatic nitrogens is 2. The molecule has 120 valence electrons.